The Hall–Kier alpha value is -0.830. The van der Waals surface area contributed by atoms with E-state index in [4.69, 9.17) is 0 Å². The zero-order valence-corrected chi connectivity index (χ0v) is 9.90. The smallest absolute Gasteiger partial charge is 0.0381 e. The van der Waals surface area contributed by atoms with E-state index in [1.54, 1.807) is 0 Å². The van der Waals surface area contributed by atoms with Gasteiger partial charge in [-0.2, -0.15) is 11.8 Å². The van der Waals surface area contributed by atoms with Crippen LogP contribution < -0.4 is 10.2 Å². The van der Waals surface area contributed by atoms with Crippen LogP contribution in [0.1, 0.15) is 0 Å². The first-order valence-electron chi connectivity index (χ1n) is 4.74. The van der Waals surface area contributed by atoms with E-state index in [-0.39, 0.29) is 0 Å². The van der Waals surface area contributed by atoms with Gasteiger partial charge in [0.2, 0.25) is 0 Å². The van der Waals surface area contributed by atoms with Gasteiger partial charge in [-0.05, 0) is 24.5 Å². The zero-order chi connectivity index (χ0) is 10.4. The second-order valence-corrected chi connectivity index (χ2v) is 4.35. The Balaban J connectivity index is 2.55. The maximum Gasteiger partial charge on any atom is 0.0381 e. The minimum atomic E-state index is 1.03. The minimum Gasteiger partial charge on any atom is -0.384 e. The summed E-state index contributed by atoms with van der Waals surface area (Å²) in [6.07, 6.45) is 2.12. The van der Waals surface area contributed by atoms with Crippen molar-refractivity contribution in [2.24, 2.45) is 0 Å². The predicted octanol–water partition coefficient (Wildman–Crippen LogP) is 2.53. The fourth-order valence-corrected chi connectivity index (χ4v) is 1.50. The van der Waals surface area contributed by atoms with Gasteiger partial charge < -0.3 is 10.2 Å². The summed E-state index contributed by atoms with van der Waals surface area (Å²) < 4.78 is 0. The molecular formula is C11H18N2S. The van der Waals surface area contributed by atoms with E-state index in [1.807, 2.05) is 11.8 Å². The number of nitrogens with one attached hydrogen (secondary N) is 1. The molecule has 0 fully saturated rings. The maximum atomic E-state index is 3.39. The molecule has 0 aliphatic heterocycles. The summed E-state index contributed by atoms with van der Waals surface area (Å²) in [5.41, 5.74) is 2.43. The summed E-state index contributed by atoms with van der Waals surface area (Å²) in [7, 11) is 4.11. The zero-order valence-electron chi connectivity index (χ0n) is 9.08. The van der Waals surface area contributed by atoms with E-state index in [1.165, 1.54) is 11.4 Å². The second-order valence-electron chi connectivity index (χ2n) is 3.36. The Labute approximate surface area is 90.7 Å². The predicted molar refractivity (Wildman–Crippen MR) is 67.6 cm³/mol. The van der Waals surface area contributed by atoms with Crippen LogP contribution in [0.4, 0.5) is 11.4 Å². The minimum absolute atomic E-state index is 1.03. The Morgan fingerprint density at radius 2 is 2.14 bits per heavy atom. The molecule has 0 bridgehead atoms. The van der Waals surface area contributed by atoms with Crippen molar-refractivity contribution in [3.8, 4) is 0 Å². The summed E-state index contributed by atoms with van der Waals surface area (Å²) in [5.74, 6) is 1.15. The van der Waals surface area contributed by atoms with Gasteiger partial charge >= 0.3 is 0 Å². The molecule has 2 nitrogen and oxygen atoms in total. The molecule has 0 heterocycles. The van der Waals surface area contributed by atoms with Crippen LogP contribution in [0, 0.1) is 0 Å². The number of anilines is 2. The molecule has 1 aromatic carbocycles. The lowest BCUT2D eigenvalue weighted by Gasteiger charge is -2.14. The van der Waals surface area contributed by atoms with Crippen LogP contribution in [0.5, 0.6) is 0 Å². The molecule has 0 radical (unpaired) electrons. The van der Waals surface area contributed by atoms with E-state index in [9.17, 15) is 0 Å². The van der Waals surface area contributed by atoms with Crippen LogP contribution in [0.3, 0.4) is 0 Å². The van der Waals surface area contributed by atoms with Gasteiger partial charge in [-0.1, -0.05) is 6.07 Å². The standard InChI is InChI=1S/C11H18N2S/c1-13(2)11-6-4-5-10(9-11)12-7-8-14-3/h4-6,9,12H,7-8H2,1-3H3. The normalized spacial score (nSPS) is 9.93. The van der Waals surface area contributed by atoms with Crippen molar-refractivity contribution in [1.29, 1.82) is 0 Å². The first-order chi connectivity index (χ1) is 6.74. The Kier molecular flexibility index (Phi) is 4.66. The molecule has 0 unspecified atom stereocenters. The average molecular weight is 210 g/mol. The van der Waals surface area contributed by atoms with E-state index < -0.39 is 0 Å². The van der Waals surface area contributed by atoms with Crippen LogP contribution in [0.25, 0.3) is 0 Å². The first kappa shape index (κ1) is 11.2. The SMILES string of the molecule is CSCCNc1cccc(N(C)C)c1. The van der Waals surface area contributed by atoms with Gasteiger partial charge in [0.05, 0.1) is 0 Å². The van der Waals surface area contributed by atoms with Crippen LogP contribution in [-0.4, -0.2) is 32.6 Å². The first-order valence-corrected chi connectivity index (χ1v) is 6.13. The highest BCUT2D eigenvalue weighted by Gasteiger charge is 1.96. The fraction of sp³-hybridized carbons (Fsp3) is 0.455. The number of benzene rings is 1. The molecule has 0 amide bonds. The molecule has 3 heteroatoms. The quantitative estimate of drug-likeness (QED) is 0.752. The third-order valence-electron chi connectivity index (χ3n) is 2.00. The third kappa shape index (κ3) is 3.50. The molecule has 1 rings (SSSR count). The highest BCUT2D eigenvalue weighted by Crippen LogP contribution is 2.16. The Bertz CT molecular complexity index is 274. The summed E-state index contributed by atoms with van der Waals surface area (Å²) in [4.78, 5) is 2.11. The lowest BCUT2D eigenvalue weighted by Crippen LogP contribution is -2.09. The summed E-state index contributed by atoms with van der Waals surface area (Å²) >= 11 is 1.86. The molecule has 0 atom stereocenters. The van der Waals surface area contributed by atoms with Crippen molar-refractivity contribution < 1.29 is 0 Å². The lowest BCUT2D eigenvalue weighted by molar-refractivity contribution is 1.13. The molecule has 0 aromatic heterocycles. The van der Waals surface area contributed by atoms with Gasteiger partial charge in [-0.3, -0.25) is 0 Å². The number of hydrogen-bond acceptors (Lipinski definition) is 3. The average Bonchev–Trinajstić information content (AvgIpc) is 2.19. The van der Waals surface area contributed by atoms with Crippen LogP contribution in [-0.2, 0) is 0 Å². The van der Waals surface area contributed by atoms with Gasteiger partial charge in [-0.15, -0.1) is 0 Å². The highest BCUT2D eigenvalue weighted by atomic mass is 32.2. The highest BCUT2D eigenvalue weighted by molar-refractivity contribution is 7.98. The van der Waals surface area contributed by atoms with Crippen molar-refractivity contribution >= 4 is 23.1 Å². The molecule has 1 N–H and O–H groups in total. The van der Waals surface area contributed by atoms with Gasteiger partial charge in [0.25, 0.3) is 0 Å². The van der Waals surface area contributed by atoms with Crippen LogP contribution in [0.2, 0.25) is 0 Å². The molecule has 78 valence electrons. The topological polar surface area (TPSA) is 15.3 Å². The van der Waals surface area contributed by atoms with E-state index in [0.29, 0.717) is 0 Å². The van der Waals surface area contributed by atoms with Gasteiger partial charge in [0, 0.05) is 37.8 Å². The van der Waals surface area contributed by atoms with E-state index >= 15 is 0 Å². The molecule has 1 aromatic rings. The molecule has 0 saturated carbocycles. The second kappa shape index (κ2) is 5.81. The molecule has 0 aliphatic carbocycles. The number of hydrogen-bond donors (Lipinski definition) is 1. The van der Waals surface area contributed by atoms with Gasteiger partial charge in [0.1, 0.15) is 0 Å². The largest absolute Gasteiger partial charge is 0.384 e. The number of rotatable bonds is 5. The van der Waals surface area contributed by atoms with Crippen molar-refractivity contribution in [2.45, 2.75) is 0 Å². The maximum absolute atomic E-state index is 3.39. The summed E-state index contributed by atoms with van der Waals surface area (Å²) in [6, 6.07) is 8.46. The fourth-order valence-electron chi connectivity index (χ4n) is 1.19. The van der Waals surface area contributed by atoms with Gasteiger partial charge in [-0.25, -0.2) is 0 Å². The van der Waals surface area contributed by atoms with Crippen molar-refractivity contribution in [1.82, 2.24) is 0 Å². The molecule has 0 aliphatic rings. The lowest BCUT2D eigenvalue weighted by atomic mass is 10.2. The van der Waals surface area contributed by atoms with E-state index in [0.717, 1.165) is 12.3 Å². The van der Waals surface area contributed by atoms with Crippen LogP contribution >= 0.6 is 11.8 Å². The van der Waals surface area contributed by atoms with Crippen molar-refractivity contribution in [2.75, 3.05) is 42.9 Å². The molecule has 0 spiro atoms. The molecule has 14 heavy (non-hydrogen) atoms. The number of nitrogens with zero attached hydrogens (tertiary/aromatic N) is 1. The van der Waals surface area contributed by atoms with Crippen molar-refractivity contribution in [3.63, 3.8) is 0 Å². The van der Waals surface area contributed by atoms with E-state index in [2.05, 4.69) is 54.8 Å². The Morgan fingerprint density at radius 3 is 2.79 bits per heavy atom. The summed E-state index contributed by atoms with van der Waals surface area (Å²) in [6.45, 7) is 1.03. The van der Waals surface area contributed by atoms with Gasteiger partial charge in [0.15, 0.2) is 0 Å². The monoisotopic (exact) mass is 210 g/mol. The number of thioether (sulfide) groups is 1. The summed E-state index contributed by atoms with van der Waals surface area (Å²) in [5, 5.41) is 3.39. The Morgan fingerprint density at radius 1 is 1.36 bits per heavy atom. The molecule has 0 saturated heterocycles. The van der Waals surface area contributed by atoms with Crippen LogP contribution in [0.15, 0.2) is 24.3 Å². The molecular weight excluding hydrogens is 192 g/mol. The third-order valence-corrected chi connectivity index (χ3v) is 2.61. The van der Waals surface area contributed by atoms with Crippen molar-refractivity contribution in [3.05, 3.63) is 24.3 Å².